The molecule has 0 fully saturated rings. The first-order valence-electron chi connectivity index (χ1n) is 5.51. The van der Waals surface area contributed by atoms with E-state index >= 15 is 0 Å². The average Bonchev–Trinajstić information content (AvgIpc) is 2.36. The van der Waals surface area contributed by atoms with Gasteiger partial charge in [-0.15, -0.1) is 0 Å². The maximum absolute atomic E-state index is 12.3. The summed E-state index contributed by atoms with van der Waals surface area (Å²) in [5.41, 5.74) is 6.78. The lowest BCUT2D eigenvalue weighted by Crippen LogP contribution is -2.07. The minimum Gasteiger partial charge on any atom is -0.398 e. The molecule has 2 N–H and O–H groups in total. The summed E-state index contributed by atoms with van der Waals surface area (Å²) in [6.07, 6.45) is 0. The van der Waals surface area contributed by atoms with E-state index in [1.807, 2.05) is 0 Å². The van der Waals surface area contributed by atoms with Gasteiger partial charge in [-0.1, -0.05) is 45.2 Å². The maximum Gasteiger partial charge on any atom is 0.182 e. The Hall–Kier alpha value is -0.750. The number of hydrogen-bond acceptors (Lipinski definition) is 3. The molecule has 0 saturated carbocycles. The number of nitrogen functional groups attached to an aromatic ring is 1. The van der Waals surface area contributed by atoms with Crippen LogP contribution in [0.3, 0.4) is 0 Å². The standard InChI is InChI=1S/C13H10BrCl2NO2S/c14-9-2-1-8(13(17)5-9)7-20(18,19)10-3-4-11(15)12(16)6-10/h1-6H,7,17H2. The molecule has 0 radical (unpaired) electrons. The molecule has 0 aliphatic rings. The highest BCUT2D eigenvalue weighted by Crippen LogP contribution is 2.28. The Labute approximate surface area is 135 Å². The predicted molar refractivity (Wildman–Crippen MR) is 85.9 cm³/mol. The van der Waals surface area contributed by atoms with Crippen molar-refractivity contribution in [2.75, 3.05) is 5.73 Å². The van der Waals surface area contributed by atoms with Crippen molar-refractivity contribution in [2.24, 2.45) is 0 Å². The van der Waals surface area contributed by atoms with Gasteiger partial charge in [0.05, 0.1) is 20.7 Å². The van der Waals surface area contributed by atoms with Crippen molar-refractivity contribution in [3.8, 4) is 0 Å². The summed E-state index contributed by atoms with van der Waals surface area (Å²) in [4.78, 5) is 0.120. The average molecular weight is 395 g/mol. The number of sulfone groups is 1. The van der Waals surface area contributed by atoms with E-state index in [1.54, 1.807) is 18.2 Å². The highest BCUT2D eigenvalue weighted by Gasteiger charge is 2.18. The molecule has 0 unspecified atom stereocenters. The summed E-state index contributed by atoms with van der Waals surface area (Å²) in [5.74, 6) is -0.190. The largest absolute Gasteiger partial charge is 0.398 e. The van der Waals surface area contributed by atoms with Gasteiger partial charge < -0.3 is 5.73 Å². The lowest BCUT2D eigenvalue weighted by atomic mass is 10.2. The van der Waals surface area contributed by atoms with Crippen LogP contribution in [-0.4, -0.2) is 8.42 Å². The van der Waals surface area contributed by atoms with Crippen molar-refractivity contribution in [2.45, 2.75) is 10.6 Å². The van der Waals surface area contributed by atoms with Gasteiger partial charge in [-0.05, 0) is 35.9 Å². The monoisotopic (exact) mass is 393 g/mol. The van der Waals surface area contributed by atoms with Gasteiger partial charge in [-0.25, -0.2) is 8.42 Å². The Morgan fingerprint density at radius 3 is 2.35 bits per heavy atom. The molecule has 0 spiro atoms. The zero-order valence-corrected chi connectivity index (χ0v) is 14.0. The van der Waals surface area contributed by atoms with Crippen LogP contribution in [-0.2, 0) is 15.6 Å². The van der Waals surface area contributed by atoms with E-state index in [-0.39, 0.29) is 15.7 Å². The minimum absolute atomic E-state index is 0.120. The Morgan fingerprint density at radius 1 is 1.05 bits per heavy atom. The van der Waals surface area contributed by atoms with Crippen LogP contribution in [0.2, 0.25) is 10.0 Å². The van der Waals surface area contributed by atoms with Gasteiger partial charge in [-0.3, -0.25) is 0 Å². The predicted octanol–water partition coefficient (Wildman–Crippen LogP) is 4.31. The van der Waals surface area contributed by atoms with Gasteiger partial charge in [0.15, 0.2) is 9.84 Å². The molecule has 0 aliphatic carbocycles. The Morgan fingerprint density at radius 2 is 1.75 bits per heavy atom. The fourth-order valence-corrected chi connectivity index (χ4v) is 3.81. The molecule has 0 saturated heterocycles. The topological polar surface area (TPSA) is 60.2 Å². The molecule has 0 atom stereocenters. The molecule has 0 heterocycles. The second-order valence-corrected chi connectivity index (χ2v) is 7.90. The molecule has 0 bridgehead atoms. The minimum atomic E-state index is -3.53. The maximum atomic E-state index is 12.3. The van der Waals surface area contributed by atoms with Gasteiger partial charge >= 0.3 is 0 Å². The second kappa shape index (κ2) is 5.93. The van der Waals surface area contributed by atoms with Crippen molar-refractivity contribution in [1.82, 2.24) is 0 Å². The van der Waals surface area contributed by atoms with Crippen LogP contribution in [0.4, 0.5) is 5.69 Å². The van der Waals surface area contributed by atoms with Gasteiger partial charge in [-0.2, -0.15) is 0 Å². The fourth-order valence-electron chi connectivity index (χ4n) is 1.66. The van der Waals surface area contributed by atoms with Crippen LogP contribution in [0.5, 0.6) is 0 Å². The summed E-state index contributed by atoms with van der Waals surface area (Å²) < 4.78 is 25.5. The zero-order chi connectivity index (χ0) is 14.9. The molecule has 106 valence electrons. The number of anilines is 1. The number of nitrogens with two attached hydrogens (primary N) is 1. The molecule has 0 aromatic heterocycles. The van der Waals surface area contributed by atoms with Gasteiger partial charge in [0.1, 0.15) is 0 Å². The Balaban J connectivity index is 2.38. The first-order valence-corrected chi connectivity index (χ1v) is 8.71. The molecule has 7 heteroatoms. The summed E-state index contributed by atoms with van der Waals surface area (Å²) in [5, 5.41) is 0.519. The molecule has 2 aromatic rings. The second-order valence-electron chi connectivity index (χ2n) is 4.18. The highest BCUT2D eigenvalue weighted by molar-refractivity contribution is 9.10. The normalized spacial score (nSPS) is 11.6. The first-order chi connectivity index (χ1) is 9.29. The van der Waals surface area contributed by atoms with Gasteiger partial charge in [0.25, 0.3) is 0 Å². The number of benzene rings is 2. The summed E-state index contributed by atoms with van der Waals surface area (Å²) in [6, 6.07) is 9.32. The molecular formula is C13H10BrCl2NO2S. The molecule has 3 nitrogen and oxygen atoms in total. The van der Waals surface area contributed by atoms with Crippen molar-refractivity contribution in [3.05, 3.63) is 56.5 Å². The van der Waals surface area contributed by atoms with Crippen LogP contribution in [0.15, 0.2) is 45.8 Å². The molecule has 0 amide bonds. The third kappa shape index (κ3) is 3.47. The lowest BCUT2D eigenvalue weighted by Gasteiger charge is -2.08. The fraction of sp³-hybridized carbons (Fsp3) is 0.0769. The van der Waals surface area contributed by atoms with Crippen LogP contribution in [0, 0.1) is 0 Å². The van der Waals surface area contributed by atoms with E-state index in [2.05, 4.69) is 15.9 Å². The van der Waals surface area contributed by atoms with E-state index in [0.29, 0.717) is 16.3 Å². The first kappa shape index (κ1) is 15.6. The summed E-state index contributed by atoms with van der Waals surface area (Å²) in [7, 11) is -3.53. The van der Waals surface area contributed by atoms with Crippen LogP contribution in [0.25, 0.3) is 0 Å². The van der Waals surface area contributed by atoms with Crippen molar-refractivity contribution >= 4 is 54.7 Å². The molecule has 20 heavy (non-hydrogen) atoms. The SMILES string of the molecule is Nc1cc(Br)ccc1CS(=O)(=O)c1ccc(Cl)c(Cl)c1. The highest BCUT2D eigenvalue weighted by atomic mass is 79.9. The summed E-state index contributed by atoms with van der Waals surface area (Å²) >= 11 is 14.9. The van der Waals surface area contributed by atoms with E-state index in [9.17, 15) is 8.42 Å². The van der Waals surface area contributed by atoms with Crippen molar-refractivity contribution in [1.29, 1.82) is 0 Å². The van der Waals surface area contributed by atoms with Gasteiger partial charge in [0.2, 0.25) is 0 Å². The van der Waals surface area contributed by atoms with Crippen molar-refractivity contribution in [3.63, 3.8) is 0 Å². The molecule has 2 aromatic carbocycles. The number of halogens is 3. The molecular weight excluding hydrogens is 385 g/mol. The number of rotatable bonds is 3. The van der Waals surface area contributed by atoms with Crippen molar-refractivity contribution < 1.29 is 8.42 Å². The molecule has 2 rings (SSSR count). The smallest absolute Gasteiger partial charge is 0.182 e. The summed E-state index contributed by atoms with van der Waals surface area (Å²) in [6.45, 7) is 0. The van der Waals surface area contributed by atoms with Crippen LogP contribution in [0.1, 0.15) is 5.56 Å². The number of hydrogen-bond donors (Lipinski definition) is 1. The zero-order valence-electron chi connectivity index (χ0n) is 10.1. The molecule has 0 aliphatic heterocycles. The van der Waals surface area contributed by atoms with E-state index < -0.39 is 9.84 Å². The lowest BCUT2D eigenvalue weighted by molar-refractivity contribution is 0.595. The Kier molecular flexibility index (Phi) is 4.64. The van der Waals surface area contributed by atoms with E-state index in [0.717, 1.165) is 4.47 Å². The van der Waals surface area contributed by atoms with Crippen LogP contribution >= 0.6 is 39.1 Å². The van der Waals surface area contributed by atoms with Gasteiger partial charge in [0, 0.05) is 10.2 Å². The third-order valence-corrected chi connectivity index (χ3v) is 5.60. The van der Waals surface area contributed by atoms with Crippen LogP contribution < -0.4 is 5.73 Å². The van der Waals surface area contributed by atoms with E-state index in [4.69, 9.17) is 28.9 Å². The quantitative estimate of drug-likeness (QED) is 0.789. The van der Waals surface area contributed by atoms with E-state index in [1.165, 1.54) is 18.2 Å². The third-order valence-electron chi connectivity index (χ3n) is 2.70. The Bertz CT molecular complexity index is 763.